The lowest BCUT2D eigenvalue weighted by Gasteiger charge is -2.29. The van der Waals surface area contributed by atoms with Crippen LogP contribution < -0.4 is 20.3 Å². The van der Waals surface area contributed by atoms with Gasteiger partial charge in [-0.3, -0.25) is 4.99 Å². The van der Waals surface area contributed by atoms with Crippen molar-refractivity contribution in [1.82, 2.24) is 10.6 Å². The summed E-state index contributed by atoms with van der Waals surface area (Å²) < 4.78 is 25.8. The molecular formula is C23H31FN4O2. The second-order valence-corrected chi connectivity index (χ2v) is 7.44. The lowest BCUT2D eigenvalue weighted by atomic mass is 10.1. The van der Waals surface area contributed by atoms with E-state index in [2.05, 4.69) is 15.6 Å². The van der Waals surface area contributed by atoms with Crippen molar-refractivity contribution in [2.75, 3.05) is 44.8 Å². The highest BCUT2D eigenvalue weighted by Gasteiger charge is 2.15. The Morgan fingerprint density at radius 2 is 2.00 bits per heavy atom. The smallest absolute Gasteiger partial charge is 0.191 e. The second kappa shape index (κ2) is 10.8. The Labute approximate surface area is 178 Å². The SMILES string of the molecule is CN=C(NCc1ccc(N2CCOCC2)c(F)c1)NCC(C)Oc1cccc(C)c1. The Bertz CT molecular complexity index is 853. The fraction of sp³-hybridized carbons (Fsp3) is 0.435. The van der Waals surface area contributed by atoms with Gasteiger partial charge in [0.2, 0.25) is 0 Å². The molecule has 2 N–H and O–H groups in total. The number of morpholine rings is 1. The Morgan fingerprint density at radius 3 is 2.70 bits per heavy atom. The van der Waals surface area contributed by atoms with Crippen LogP contribution in [0, 0.1) is 12.7 Å². The zero-order valence-electron chi connectivity index (χ0n) is 18.0. The number of aryl methyl sites for hydroxylation is 1. The first kappa shape index (κ1) is 21.9. The Morgan fingerprint density at radius 1 is 1.20 bits per heavy atom. The summed E-state index contributed by atoms with van der Waals surface area (Å²) in [6.07, 6.45) is -0.0319. The van der Waals surface area contributed by atoms with Gasteiger partial charge >= 0.3 is 0 Å². The molecule has 6 nitrogen and oxygen atoms in total. The van der Waals surface area contributed by atoms with Gasteiger partial charge in [-0.05, 0) is 49.2 Å². The summed E-state index contributed by atoms with van der Waals surface area (Å²) in [5.41, 5.74) is 2.65. The second-order valence-electron chi connectivity index (χ2n) is 7.44. The van der Waals surface area contributed by atoms with Gasteiger partial charge in [-0.25, -0.2) is 4.39 Å². The number of halogens is 1. The first-order valence-corrected chi connectivity index (χ1v) is 10.3. The maximum absolute atomic E-state index is 14.6. The molecule has 1 aliphatic rings. The van der Waals surface area contributed by atoms with Crippen molar-refractivity contribution in [1.29, 1.82) is 0 Å². The van der Waals surface area contributed by atoms with Crippen LogP contribution in [0.15, 0.2) is 47.5 Å². The monoisotopic (exact) mass is 414 g/mol. The molecule has 0 aromatic heterocycles. The number of ether oxygens (including phenoxy) is 2. The van der Waals surface area contributed by atoms with E-state index in [0.29, 0.717) is 51.0 Å². The molecule has 2 aromatic rings. The molecule has 1 saturated heterocycles. The van der Waals surface area contributed by atoms with Crippen LogP contribution in [0.1, 0.15) is 18.1 Å². The summed E-state index contributed by atoms with van der Waals surface area (Å²) in [5, 5.41) is 6.47. The van der Waals surface area contributed by atoms with Crippen LogP contribution in [0.5, 0.6) is 5.75 Å². The van der Waals surface area contributed by atoms with Gasteiger partial charge in [-0.15, -0.1) is 0 Å². The standard InChI is InChI=1S/C23H31FN4O2/c1-17-5-4-6-20(13-17)30-18(2)15-26-23(25-3)27-16-19-7-8-22(21(24)14-19)28-9-11-29-12-10-28/h4-8,13-14,18H,9-12,15-16H2,1-3H3,(H2,25,26,27). The van der Waals surface area contributed by atoms with Crippen LogP contribution >= 0.6 is 0 Å². The topological polar surface area (TPSA) is 58.1 Å². The molecule has 1 aliphatic heterocycles. The van der Waals surface area contributed by atoms with E-state index in [9.17, 15) is 4.39 Å². The quantitative estimate of drug-likeness (QED) is 0.539. The average Bonchev–Trinajstić information content (AvgIpc) is 2.74. The van der Waals surface area contributed by atoms with E-state index in [0.717, 1.165) is 16.9 Å². The molecule has 0 spiro atoms. The molecular weight excluding hydrogens is 383 g/mol. The maximum atomic E-state index is 14.6. The van der Waals surface area contributed by atoms with Gasteiger partial charge in [0, 0.05) is 26.7 Å². The molecule has 162 valence electrons. The van der Waals surface area contributed by atoms with Crippen LogP contribution in [0.2, 0.25) is 0 Å². The maximum Gasteiger partial charge on any atom is 0.191 e. The summed E-state index contributed by atoms with van der Waals surface area (Å²) in [6, 6.07) is 13.3. The predicted molar refractivity (Wildman–Crippen MR) is 119 cm³/mol. The lowest BCUT2D eigenvalue weighted by molar-refractivity contribution is 0.122. The molecule has 2 aromatic carbocycles. The molecule has 1 atom stereocenters. The summed E-state index contributed by atoms with van der Waals surface area (Å²) in [4.78, 5) is 6.25. The molecule has 0 saturated carbocycles. The van der Waals surface area contributed by atoms with Crippen molar-refractivity contribution < 1.29 is 13.9 Å². The van der Waals surface area contributed by atoms with Crippen molar-refractivity contribution in [2.24, 2.45) is 4.99 Å². The zero-order chi connectivity index (χ0) is 21.3. The molecule has 3 rings (SSSR count). The molecule has 0 aliphatic carbocycles. The van der Waals surface area contributed by atoms with Gasteiger partial charge < -0.3 is 25.0 Å². The summed E-state index contributed by atoms with van der Waals surface area (Å²) in [5.74, 6) is 1.29. The number of nitrogens with zero attached hydrogens (tertiary/aromatic N) is 2. The van der Waals surface area contributed by atoms with Crippen LogP contribution in [0.3, 0.4) is 0 Å². The number of hydrogen-bond acceptors (Lipinski definition) is 4. The minimum Gasteiger partial charge on any atom is -0.489 e. The van der Waals surface area contributed by atoms with E-state index in [4.69, 9.17) is 9.47 Å². The van der Waals surface area contributed by atoms with Gasteiger partial charge in [-0.2, -0.15) is 0 Å². The van der Waals surface area contributed by atoms with E-state index >= 15 is 0 Å². The van der Waals surface area contributed by atoms with Crippen molar-refractivity contribution in [3.63, 3.8) is 0 Å². The average molecular weight is 415 g/mol. The minimum absolute atomic E-state index is 0.0319. The highest BCUT2D eigenvalue weighted by Crippen LogP contribution is 2.21. The van der Waals surface area contributed by atoms with Gasteiger partial charge in [0.1, 0.15) is 17.7 Å². The number of benzene rings is 2. The fourth-order valence-electron chi connectivity index (χ4n) is 3.33. The molecule has 30 heavy (non-hydrogen) atoms. The van der Waals surface area contributed by atoms with Crippen molar-refractivity contribution in [3.8, 4) is 5.75 Å². The zero-order valence-corrected chi connectivity index (χ0v) is 18.0. The molecule has 0 amide bonds. The molecule has 1 fully saturated rings. The lowest BCUT2D eigenvalue weighted by Crippen LogP contribution is -2.41. The third-order valence-electron chi connectivity index (χ3n) is 4.93. The number of hydrogen-bond donors (Lipinski definition) is 2. The van der Waals surface area contributed by atoms with E-state index in [1.165, 1.54) is 0 Å². The largest absolute Gasteiger partial charge is 0.489 e. The predicted octanol–water partition coefficient (Wildman–Crippen LogP) is 3.10. The van der Waals surface area contributed by atoms with Crippen LogP contribution in [-0.2, 0) is 11.3 Å². The third-order valence-corrected chi connectivity index (χ3v) is 4.93. The van der Waals surface area contributed by atoms with Crippen molar-refractivity contribution in [3.05, 3.63) is 59.4 Å². The van der Waals surface area contributed by atoms with E-state index < -0.39 is 0 Å². The van der Waals surface area contributed by atoms with Gasteiger partial charge in [-0.1, -0.05) is 18.2 Å². The summed E-state index contributed by atoms with van der Waals surface area (Å²) >= 11 is 0. The van der Waals surface area contributed by atoms with Crippen LogP contribution in [0.25, 0.3) is 0 Å². The van der Waals surface area contributed by atoms with E-state index in [-0.39, 0.29) is 11.9 Å². The Kier molecular flexibility index (Phi) is 7.90. The van der Waals surface area contributed by atoms with E-state index in [1.807, 2.05) is 55.1 Å². The van der Waals surface area contributed by atoms with Crippen molar-refractivity contribution in [2.45, 2.75) is 26.5 Å². The molecule has 0 radical (unpaired) electrons. The number of rotatable bonds is 7. The molecule has 1 unspecified atom stereocenters. The van der Waals surface area contributed by atoms with Crippen LogP contribution in [0.4, 0.5) is 10.1 Å². The normalized spacial score (nSPS) is 15.6. The number of guanidine groups is 1. The molecule has 1 heterocycles. The fourth-order valence-corrected chi connectivity index (χ4v) is 3.33. The Hall–Kier alpha value is -2.80. The highest BCUT2D eigenvalue weighted by molar-refractivity contribution is 5.79. The Balaban J connectivity index is 1.47. The summed E-state index contributed by atoms with van der Waals surface area (Å²) in [7, 11) is 1.71. The highest BCUT2D eigenvalue weighted by atomic mass is 19.1. The van der Waals surface area contributed by atoms with Gasteiger partial charge in [0.15, 0.2) is 5.96 Å². The number of aliphatic imine (C=N–C) groups is 1. The molecule has 0 bridgehead atoms. The minimum atomic E-state index is -0.209. The van der Waals surface area contributed by atoms with Gasteiger partial charge in [0.05, 0.1) is 25.4 Å². The van der Waals surface area contributed by atoms with Crippen LogP contribution in [-0.4, -0.2) is 52.0 Å². The molecule has 7 heteroatoms. The first-order chi connectivity index (χ1) is 14.5. The van der Waals surface area contributed by atoms with Crippen molar-refractivity contribution >= 4 is 11.6 Å². The first-order valence-electron chi connectivity index (χ1n) is 10.3. The third kappa shape index (κ3) is 6.35. The number of anilines is 1. The number of nitrogens with one attached hydrogen (secondary N) is 2. The van der Waals surface area contributed by atoms with Gasteiger partial charge in [0.25, 0.3) is 0 Å². The van der Waals surface area contributed by atoms with E-state index in [1.54, 1.807) is 13.1 Å². The summed E-state index contributed by atoms with van der Waals surface area (Å²) in [6.45, 7) is 7.82.